The summed E-state index contributed by atoms with van der Waals surface area (Å²) in [7, 11) is 2.05. The first-order valence-corrected chi connectivity index (χ1v) is 7.14. The van der Waals surface area contributed by atoms with E-state index in [0.29, 0.717) is 6.10 Å². The fourth-order valence-corrected chi connectivity index (χ4v) is 2.69. The molecular formula is C16H21N3O. The van der Waals surface area contributed by atoms with E-state index in [4.69, 9.17) is 4.74 Å². The topological polar surface area (TPSA) is 30.3 Å². The lowest BCUT2D eigenvalue weighted by molar-refractivity contribution is -0.0310. The minimum absolute atomic E-state index is 0.291. The van der Waals surface area contributed by atoms with Crippen LogP contribution in [0.25, 0.3) is 0 Å². The molecule has 1 aliphatic rings. The molecule has 1 fully saturated rings. The highest BCUT2D eigenvalue weighted by Crippen LogP contribution is 2.14. The third-order valence-corrected chi connectivity index (χ3v) is 3.83. The molecule has 0 spiro atoms. The zero-order valence-corrected chi connectivity index (χ0v) is 11.9. The average Bonchev–Trinajstić information content (AvgIpc) is 2.86. The van der Waals surface area contributed by atoms with E-state index in [1.165, 1.54) is 11.3 Å². The van der Waals surface area contributed by atoms with Gasteiger partial charge in [0.2, 0.25) is 0 Å². The van der Waals surface area contributed by atoms with Crippen molar-refractivity contribution >= 4 is 0 Å². The van der Waals surface area contributed by atoms with Crippen molar-refractivity contribution in [2.75, 3.05) is 19.7 Å². The molecule has 1 atom stereocenters. The number of hydrogen-bond donors (Lipinski definition) is 0. The normalized spacial score (nSPS) is 20.1. The minimum Gasteiger partial charge on any atom is -0.375 e. The first kappa shape index (κ1) is 13.3. The van der Waals surface area contributed by atoms with E-state index in [-0.39, 0.29) is 0 Å². The van der Waals surface area contributed by atoms with E-state index in [1.54, 1.807) is 0 Å². The van der Waals surface area contributed by atoms with Crippen molar-refractivity contribution in [2.24, 2.45) is 7.05 Å². The molecule has 0 aliphatic carbocycles. The molecule has 1 aromatic carbocycles. The van der Waals surface area contributed by atoms with Crippen molar-refractivity contribution in [3.63, 3.8) is 0 Å². The van der Waals surface area contributed by atoms with Gasteiger partial charge in [0.05, 0.1) is 24.7 Å². The third-order valence-electron chi connectivity index (χ3n) is 3.83. The van der Waals surface area contributed by atoms with Gasteiger partial charge in [-0.15, -0.1) is 0 Å². The molecule has 1 aliphatic heterocycles. The van der Waals surface area contributed by atoms with E-state index in [0.717, 1.165) is 32.7 Å². The van der Waals surface area contributed by atoms with Crippen LogP contribution < -0.4 is 0 Å². The maximum atomic E-state index is 5.90. The van der Waals surface area contributed by atoms with Gasteiger partial charge in [0.1, 0.15) is 0 Å². The predicted molar refractivity (Wildman–Crippen MR) is 78.4 cm³/mol. The average molecular weight is 271 g/mol. The number of imidazole rings is 1. The molecule has 4 heteroatoms. The Morgan fingerprint density at radius 1 is 1.30 bits per heavy atom. The van der Waals surface area contributed by atoms with Crippen LogP contribution in [0.1, 0.15) is 11.3 Å². The number of rotatable bonds is 4. The Morgan fingerprint density at radius 3 is 2.90 bits per heavy atom. The van der Waals surface area contributed by atoms with Crippen molar-refractivity contribution in [2.45, 2.75) is 19.1 Å². The molecule has 0 radical (unpaired) electrons. The summed E-state index contributed by atoms with van der Waals surface area (Å²) >= 11 is 0. The van der Waals surface area contributed by atoms with Gasteiger partial charge >= 0.3 is 0 Å². The lowest BCUT2D eigenvalue weighted by atomic mass is 10.1. The van der Waals surface area contributed by atoms with Crippen LogP contribution in [0, 0.1) is 0 Å². The van der Waals surface area contributed by atoms with Crippen LogP contribution in [-0.4, -0.2) is 40.3 Å². The highest BCUT2D eigenvalue weighted by Gasteiger charge is 2.21. The quantitative estimate of drug-likeness (QED) is 0.850. The molecular weight excluding hydrogens is 250 g/mol. The molecule has 2 aromatic rings. The summed E-state index contributed by atoms with van der Waals surface area (Å²) in [6.07, 6.45) is 5.08. The fourth-order valence-electron chi connectivity index (χ4n) is 2.69. The van der Waals surface area contributed by atoms with Gasteiger partial charge in [0.15, 0.2) is 0 Å². The largest absolute Gasteiger partial charge is 0.375 e. The summed E-state index contributed by atoms with van der Waals surface area (Å²) in [5.74, 6) is 0. The molecule has 0 saturated carbocycles. The summed E-state index contributed by atoms with van der Waals surface area (Å²) in [4.78, 5) is 6.63. The van der Waals surface area contributed by atoms with Crippen LogP contribution in [0.5, 0.6) is 0 Å². The smallest absolute Gasteiger partial charge is 0.0945 e. The third kappa shape index (κ3) is 3.26. The van der Waals surface area contributed by atoms with E-state index < -0.39 is 0 Å². The van der Waals surface area contributed by atoms with Gasteiger partial charge in [-0.2, -0.15) is 0 Å². The van der Waals surface area contributed by atoms with Crippen LogP contribution in [0.2, 0.25) is 0 Å². The molecule has 1 aromatic heterocycles. The second kappa shape index (κ2) is 6.20. The van der Waals surface area contributed by atoms with Crippen LogP contribution in [-0.2, 0) is 24.8 Å². The molecule has 0 N–H and O–H groups in total. The van der Waals surface area contributed by atoms with Gasteiger partial charge in [-0.1, -0.05) is 30.3 Å². The Hall–Kier alpha value is -1.65. The predicted octanol–water partition coefficient (Wildman–Crippen LogP) is 1.86. The second-order valence-corrected chi connectivity index (χ2v) is 5.41. The standard InChI is InChI=1S/C16H21N3O/c1-18-13-17-10-15(18)11-19-7-8-20-16(12-19)9-14-5-3-2-4-6-14/h2-6,10,13,16H,7-9,11-12H2,1H3/t16-/m1/s1. The SMILES string of the molecule is Cn1cncc1CN1CCO[C@H](Cc2ccccc2)C1. The van der Waals surface area contributed by atoms with Crippen LogP contribution >= 0.6 is 0 Å². The molecule has 1 saturated heterocycles. The molecule has 20 heavy (non-hydrogen) atoms. The molecule has 0 bridgehead atoms. The lowest BCUT2D eigenvalue weighted by Crippen LogP contribution is -2.43. The van der Waals surface area contributed by atoms with E-state index in [9.17, 15) is 0 Å². The Kier molecular flexibility index (Phi) is 4.14. The van der Waals surface area contributed by atoms with Crippen molar-refractivity contribution in [3.8, 4) is 0 Å². The summed E-state index contributed by atoms with van der Waals surface area (Å²) in [6.45, 7) is 3.75. The monoisotopic (exact) mass is 271 g/mol. The second-order valence-electron chi connectivity index (χ2n) is 5.41. The van der Waals surface area contributed by atoms with Gasteiger partial charge in [-0.05, 0) is 12.0 Å². The number of benzene rings is 1. The minimum atomic E-state index is 0.291. The molecule has 3 rings (SSSR count). The van der Waals surface area contributed by atoms with Crippen molar-refractivity contribution in [3.05, 3.63) is 54.1 Å². The van der Waals surface area contributed by atoms with Crippen molar-refractivity contribution < 1.29 is 4.74 Å². The Labute approximate surface area is 120 Å². The van der Waals surface area contributed by atoms with Crippen molar-refractivity contribution in [1.82, 2.24) is 14.5 Å². The molecule has 4 nitrogen and oxygen atoms in total. The van der Waals surface area contributed by atoms with E-state index >= 15 is 0 Å². The zero-order valence-electron chi connectivity index (χ0n) is 11.9. The number of morpholine rings is 1. The number of ether oxygens (including phenoxy) is 1. The molecule has 2 heterocycles. The van der Waals surface area contributed by atoms with Gasteiger partial charge < -0.3 is 9.30 Å². The van der Waals surface area contributed by atoms with Crippen LogP contribution in [0.15, 0.2) is 42.9 Å². The number of hydrogen-bond acceptors (Lipinski definition) is 3. The first-order valence-electron chi connectivity index (χ1n) is 7.14. The summed E-state index contributed by atoms with van der Waals surface area (Å²) < 4.78 is 7.98. The molecule has 0 unspecified atom stereocenters. The summed E-state index contributed by atoms with van der Waals surface area (Å²) in [6, 6.07) is 10.6. The van der Waals surface area contributed by atoms with E-state index in [2.05, 4.69) is 44.8 Å². The summed E-state index contributed by atoms with van der Waals surface area (Å²) in [5, 5.41) is 0. The Morgan fingerprint density at radius 2 is 2.15 bits per heavy atom. The number of nitrogens with zero attached hydrogens (tertiary/aromatic N) is 3. The van der Waals surface area contributed by atoms with Gasteiger partial charge in [-0.25, -0.2) is 4.98 Å². The van der Waals surface area contributed by atoms with Crippen LogP contribution in [0.4, 0.5) is 0 Å². The summed E-state index contributed by atoms with van der Waals surface area (Å²) in [5.41, 5.74) is 2.60. The van der Waals surface area contributed by atoms with Gasteiger partial charge in [0.25, 0.3) is 0 Å². The van der Waals surface area contributed by atoms with Crippen molar-refractivity contribution in [1.29, 1.82) is 0 Å². The number of aryl methyl sites for hydroxylation is 1. The first-order chi connectivity index (χ1) is 9.81. The highest BCUT2D eigenvalue weighted by molar-refractivity contribution is 5.15. The van der Waals surface area contributed by atoms with Gasteiger partial charge in [0, 0.05) is 32.9 Å². The number of aromatic nitrogens is 2. The maximum absolute atomic E-state index is 5.90. The maximum Gasteiger partial charge on any atom is 0.0945 e. The van der Waals surface area contributed by atoms with Crippen LogP contribution in [0.3, 0.4) is 0 Å². The highest BCUT2D eigenvalue weighted by atomic mass is 16.5. The van der Waals surface area contributed by atoms with Gasteiger partial charge in [-0.3, -0.25) is 4.90 Å². The fraction of sp³-hybridized carbons (Fsp3) is 0.438. The lowest BCUT2D eigenvalue weighted by Gasteiger charge is -2.33. The molecule has 106 valence electrons. The molecule has 0 amide bonds. The van der Waals surface area contributed by atoms with E-state index in [1.807, 2.05) is 19.6 Å². The Bertz CT molecular complexity index is 538. The zero-order chi connectivity index (χ0) is 13.8. The Balaban J connectivity index is 1.58.